The number of hydrogen-bond donors (Lipinski definition) is 1. The number of hydrogen-bond acceptors (Lipinski definition) is 3. The maximum absolute atomic E-state index is 12.1. The first-order chi connectivity index (χ1) is 13.0. The lowest BCUT2D eigenvalue weighted by atomic mass is 10.1. The van der Waals surface area contributed by atoms with Crippen molar-refractivity contribution in [3.63, 3.8) is 0 Å². The highest BCUT2D eigenvalue weighted by Gasteiger charge is 2.08. The van der Waals surface area contributed by atoms with Crippen LogP contribution in [-0.4, -0.2) is 22.3 Å². The Kier molecular flexibility index (Phi) is 5.91. The number of carbonyl (C=O) groups is 1. The number of rotatable bonds is 7. The molecular weight excluding hydrogens is 338 g/mol. The Morgan fingerprint density at radius 2 is 1.74 bits per heavy atom. The zero-order valence-electron chi connectivity index (χ0n) is 16.0. The van der Waals surface area contributed by atoms with Crippen molar-refractivity contribution in [3.8, 4) is 5.75 Å². The summed E-state index contributed by atoms with van der Waals surface area (Å²) >= 11 is 0. The van der Waals surface area contributed by atoms with Gasteiger partial charge in [-0.15, -0.1) is 0 Å². The molecule has 0 fully saturated rings. The van der Waals surface area contributed by atoms with Gasteiger partial charge in [-0.05, 0) is 49.1 Å². The minimum absolute atomic E-state index is 0.0160. The lowest BCUT2D eigenvalue weighted by Gasteiger charge is -2.13. The van der Waals surface area contributed by atoms with Gasteiger partial charge in [0.05, 0.1) is 6.54 Å². The van der Waals surface area contributed by atoms with Gasteiger partial charge >= 0.3 is 0 Å². The summed E-state index contributed by atoms with van der Waals surface area (Å²) in [4.78, 5) is 12.1. The number of nitrogens with zero attached hydrogens (tertiary/aromatic N) is 2. The second-order valence-corrected chi connectivity index (χ2v) is 6.81. The molecule has 0 bridgehead atoms. The Morgan fingerprint density at radius 1 is 1.07 bits per heavy atom. The molecule has 0 aliphatic heterocycles. The van der Waals surface area contributed by atoms with E-state index in [1.54, 1.807) is 6.20 Å². The van der Waals surface area contributed by atoms with Crippen LogP contribution in [0.4, 0.5) is 0 Å². The van der Waals surface area contributed by atoms with E-state index in [1.165, 1.54) is 11.1 Å². The van der Waals surface area contributed by atoms with Crippen LogP contribution in [0.5, 0.6) is 5.75 Å². The number of ether oxygens (including phenoxy) is 1. The maximum atomic E-state index is 12.1. The fraction of sp³-hybridized carbons (Fsp3) is 0.273. The van der Waals surface area contributed by atoms with Crippen molar-refractivity contribution in [3.05, 3.63) is 82.7 Å². The molecule has 1 amide bonds. The summed E-state index contributed by atoms with van der Waals surface area (Å²) in [6.07, 6.45) is 3.71. The third kappa shape index (κ3) is 5.20. The number of nitrogens with one attached hydrogen (secondary N) is 1. The van der Waals surface area contributed by atoms with Crippen molar-refractivity contribution in [2.75, 3.05) is 6.61 Å². The van der Waals surface area contributed by atoms with Gasteiger partial charge in [0, 0.05) is 18.9 Å². The first-order valence-corrected chi connectivity index (χ1v) is 9.04. The van der Waals surface area contributed by atoms with Crippen molar-refractivity contribution in [2.45, 2.75) is 33.9 Å². The Balaban J connectivity index is 1.48. The first-order valence-electron chi connectivity index (χ1n) is 9.04. The van der Waals surface area contributed by atoms with Crippen LogP contribution in [0.2, 0.25) is 0 Å². The normalized spacial score (nSPS) is 10.6. The molecule has 0 saturated carbocycles. The SMILES string of the molecule is Cc1cc(C)c(OCC(=O)NCc2ccc(Cn3cccn3)cc2)c(C)c1. The highest BCUT2D eigenvalue weighted by atomic mass is 16.5. The minimum atomic E-state index is -0.130. The molecule has 1 aromatic heterocycles. The molecule has 1 heterocycles. The quantitative estimate of drug-likeness (QED) is 0.698. The molecule has 3 aromatic rings. The first kappa shape index (κ1) is 18.7. The molecular formula is C22H25N3O2. The summed E-state index contributed by atoms with van der Waals surface area (Å²) in [6.45, 7) is 7.29. The van der Waals surface area contributed by atoms with Crippen molar-refractivity contribution in [2.24, 2.45) is 0 Å². The summed E-state index contributed by atoms with van der Waals surface area (Å²) in [5.74, 6) is 0.661. The van der Waals surface area contributed by atoms with Crippen LogP contribution in [0.15, 0.2) is 54.9 Å². The van der Waals surface area contributed by atoms with Gasteiger partial charge in [-0.25, -0.2) is 0 Å². The number of aryl methyl sites for hydroxylation is 3. The monoisotopic (exact) mass is 363 g/mol. The molecule has 0 radical (unpaired) electrons. The van der Waals surface area contributed by atoms with E-state index in [0.717, 1.165) is 29.0 Å². The average molecular weight is 363 g/mol. The second kappa shape index (κ2) is 8.54. The Bertz CT molecular complexity index is 877. The zero-order valence-corrected chi connectivity index (χ0v) is 16.0. The number of carbonyl (C=O) groups excluding carboxylic acids is 1. The molecule has 0 unspecified atom stereocenters. The topological polar surface area (TPSA) is 56.1 Å². The van der Waals surface area contributed by atoms with Gasteiger partial charge in [-0.2, -0.15) is 5.10 Å². The molecule has 27 heavy (non-hydrogen) atoms. The molecule has 0 aliphatic carbocycles. The fourth-order valence-electron chi connectivity index (χ4n) is 3.13. The Labute approximate surface area is 160 Å². The Morgan fingerprint density at radius 3 is 2.37 bits per heavy atom. The predicted octanol–water partition coefficient (Wildman–Crippen LogP) is 3.55. The van der Waals surface area contributed by atoms with Crippen LogP contribution in [0, 0.1) is 20.8 Å². The lowest BCUT2D eigenvalue weighted by molar-refractivity contribution is -0.123. The van der Waals surface area contributed by atoms with Gasteiger partial charge in [0.15, 0.2) is 6.61 Å². The summed E-state index contributed by atoms with van der Waals surface area (Å²) < 4.78 is 7.61. The van der Waals surface area contributed by atoms with E-state index >= 15 is 0 Å². The highest BCUT2D eigenvalue weighted by molar-refractivity contribution is 5.77. The molecule has 3 rings (SSSR count). The van der Waals surface area contributed by atoms with Crippen LogP contribution >= 0.6 is 0 Å². The van der Waals surface area contributed by atoms with Crippen LogP contribution < -0.4 is 10.1 Å². The predicted molar refractivity (Wildman–Crippen MR) is 106 cm³/mol. The third-order valence-corrected chi connectivity index (χ3v) is 4.37. The molecule has 5 heteroatoms. The van der Waals surface area contributed by atoms with Crippen LogP contribution in [-0.2, 0) is 17.9 Å². The van der Waals surface area contributed by atoms with Crippen LogP contribution in [0.1, 0.15) is 27.8 Å². The van der Waals surface area contributed by atoms with Gasteiger partial charge in [0.2, 0.25) is 0 Å². The van der Waals surface area contributed by atoms with E-state index in [1.807, 2.05) is 42.9 Å². The van der Waals surface area contributed by atoms with Gasteiger partial charge in [0.25, 0.3) is 5.91 Å². The molecule has 0 aliphatic rings. The molecule has 2 aromatic carbocycles. The molecule has 140 valence electrons. The van der Waals surface area contributed by atoms with Crippen molar-refractivity contribution >= 4 is 5.91 Å². The zero-order chi connectivity index (χ0) is 19.2. The van der Waals surface area contributed by atoms with E-state index in [9.17, 15) is 4.79 Å². The molecule has 1 N–H and O–H groups in total. The molecule has 0 spiro atoms. The standard InChI is InChI=1S/C22H25N3O2/c1-16-11-17(2)22(18(3)12-16)27-15-21(26)23-13-19-5-7-20(8-6-19)14-25-10-4-9-24-25/h4-12H,13-15H2,1-3H3,(H,23,26). The summed E-state index contributed by atoms with van der Waals surface area (Å²) in [5, 5.41) is 7.10. The Hall–Kier alpha value is -3.08. The third-order valence-electron chi connectivity index (χ3n) is 4.37. The van der Waals surface area contributed by atoms with E-state index < -0.39 is 0 Å². The summed E-state index contributed by atoms with van der Waals surface area (Å²) in [5.41, 5.74) is 5.51. The minimum Gasteiger partial charge on any atom is -0.483 e. The lowest BCUT2D eigenvalue weighted by Crippen LogP contribution is -2.28. The van der Waals surface area contributed by atoms with E-state index in [-0.39, 0.29) is 12.5 Å². The van der Waals surface area contributed by atoms with Crippen molar-refractivity contribution < 1.29 is 9.53 Å². The van der Waals surface area contributed by atoms with Gasteiger partial charge in [-0.1, -0.05) is 42.0 Å². The van der Waals surface area contributed by atoms with E-state index in [4.69, 9.17) is 4.74 Å². The van der Waals surface area contributed by atoms with Crippen molar-refractivity contribution in [1.82, 2.24) is 15.1 Å². The maximum Gasteiger partial charge on any atom is 0.258 e. The highest BCUT2D eigenvalue weighted by Crippen LogP contribution is 2.24. The summed E-state index contributed by atoms with van der Waals surface area (Å²) in [7, 11) is 0. The van der Waals surface area contributed by atoms with Gasteiger partial charge < -0.3 is 10.1 Å². The van der Waals surface area contributed by atoms with E-state index in [0.29, 0.717) is 6.54 Å². The molecule has 0 atom stereocenters. The number of amides is 1. The molecule has 0 saturated heterocycles. The number of benzene rings is 2. The van der Waals surface area contributed by atoms with E-state index in [2.05, 4.69) is 41.6 Å². The fourth-order valence-corrected chi connectivity index (χ4v) is 3.13. The number of aromatic nitrogens is 2. The van der Waals surface area contributed by atoms with Crippen LogP contribution in [0.25, 0.3) is 0 Å². The largest absolute Gasteiger partial charge is 0.483 e. The second-order valence-electron chi connectivity index (χ2n) is 6.81. The van der Waals surface area contributed by atoms with Gasteiger partial charge in [-0.3, -0.25) is 9.48 Å². The molecule has 5 nitrogen and oxygen atoms in total. The van der Waals surface area contributed by atoms with Crippen LogP contribution in [0.3, 0.4) is 0 Å². The smallest absolute Gasteiger partial charge is 0.258 e. The average Bonchev–Trinajstić information content (AvgIpc) is 3.13. The van der Waals surface area contributed by atoms with Gasteiger partial charge in [0.1, 0.15) is 5.75 Å². The van der Waals surface area contributed by atoms with Crippen molar-refractivity contribution in [1.29, 1.82) is 0 Å². The summed E-state index contributed by atoms with van der Waals surface area (Å²) in [6, 6.07) is 14.2.